The number of hydrogen-bond donors (Lipinski definition) is 2. The van der Waals surface area contributed by atoms with E-state index in [4.69, 9.17) is 21.1 Å². The number of benzene rings is 2. The zero-order valence-electron chi connectivity index (χ0n) is 14.9. The van der Waals surface area contributed by atoms with Crippen LogP contribution in [-0.4, -0.2) is 30.4 Å². The summed E-state index contributed by atoms with van der Waals surface area (Å²) < 4.78 is 10.8. The molecule has 0 radical (unpaired) electrons. The minimum absolute atomic E-state index is 0.0781. The molecule has 0 bridgehead atoms. The van der Waals surface area contributed by atoms with Crippen LogP contribution < -0.4 is 14.9 Å². The number of carbonyl (C=O) groups excluding carboxylic acids is 1. The monoisotopic (exact) mass is 388 g/mol. The highest BCUT2D eigenvalue weighted by Gasteiger charge is 2.09. The second-order valence-corrected chi connectivity index (χ2v) is 5.92. The number of carbonyl (C=O) groups is 1. The van der Waals surface area contributed by atoms with Crippen molar-refractivity contribution in [1.82, 2.24) is 5.43 Å². The number of nitrogens with one attached hydrogen (secondary N) is 1. The average molecular weight is 389 g/mol. The fourth-order valence-corrected chi connectivity index (χ4v) is 2.36. The first-order chi connectivity index (χ1) is 13.0. The predicted octanol–water partition coefficient (Wildman–Crippen LogP) is 3.70. The van der Waals surface area contributed by atoms with Crippen molar-refractivity contribution in [2.24, 2.45) is 5.10 Å². The number of rotatable bonds is 9. The highest BCUT2D eigenvalue weighted by molar-refractivity contribution is 6.30. The van der Waals surface area contributed by atoms with Crippen LogP contribution in [0.25, 0.3) is 0 Å². The zero-order chi connectivity index (χ0) is 19.6. The zero-order valence-corrected chi connectivity index (χ0v) is 15.7. The van der Waals surface area contributed by atoms with Crippen LogP contribution in [-0.2, 0) is 11.2 Å². The van der Waals surface area contributed by atoms with Gasteiger partial charge in [0.15, 0.2) is 18.1 Å². The van der Waals surface area contributed by atoms with E-state index in [2.05, 4.69) is 17.1 Å². The van der Waals surface area contributed by atoms with Crippen LogP contribution in [0.5, 0.6) is 17.2 Å². The van der Waals surface area contributed by atoms with Gasteiger partial charge in [0, 0.05) is 10.6 Å². The lowest BCUT2D eigenvalue weighted by atomic mass is 10.1. The number of hydrogen-bond acceptors (Lipinski definition) is 5. The summed E-state index contributed by atoms with van der Waals surface area (Å²) in [6, 6.07) is 10.1. The maximum absolute atomic E-state index is 11.8. The number of allylic oxidation sites excluding steroid dienone is 1. The molecule has 6 nitrogen and oxygen atoms in total. The molecule has 0 aromatic heterocycles. The van der Waals surface area contributed by atoms with Gasteiger partial charge in [0.05, 0.1) is 12.8 Å². The van der Waals surface area contributed by atoms with Crippen molar-refractivity contribution in [1.29, 1.82) is 0 Å². The number of phenolic OH excluding ortho intramolecular Hbond substituents is 1. The first-order valence-electron chi connectivity index (χ1n) is 8.33. The molecular weight excluding hydrogens is 368 g/mol. The first-order valence-corrected chi connectivity index (χ1v) is 8.71. The van der Waals surface area contributed by atoms with Crippen molar-refractivity contribution >= 4 is 23.7 Å². The Morgan fingerprint density at radius 3 is 2.70 bits per heavy atom. The van der Waals surface area contributed by atoms with E-state index < -0.39 is 5.91 Å². The molecule has 142 valence electrons. The quantitative estimate of drug-likeness (QED) is 0.390. The van der Waals surface area contributed by atoms with E-state index in [-0.39, 0.29) is 12.4 Å². The third-order valence-electron chi connectivity index (χ3n) is 3.43. The lowest BCUT2D eigenvalue weighted by Gasteiger charge is -2.10. The van der Waals surface area contributed by atoms with Gasteiger partial charge >= 0.3 is 0 Å². The molecule has 2 rings (SSSR count). The largest absolute Gasteiger partial charge is 0.504 e. The molecular formula is C20H21ClN2O4. The Morgan fingerprint density at radius 1 is 1.30 bits per heavy atom. The number of hydrazone groups is 1. The van der Waals surface area contributed by atoms with Gasteiger partial charge in [0.2, 0.25) is 0 Å². The fourth-order valence-electron chi connectivity index (χ4n) is 2.23. The number of ether oxygens (including phenoxy) is 2. The SMILES string of the molecule is C=CCc1cc(/C=N\NC(=O)COc2ccc(Cl)cc2)cc(OCC)c1O. The molecule has 0 saturated heterocycles. The minimum atomic E-state index is -0.406. The molecule has 1 amide bonds. The first kappa shape index (κ1) is 20.3. The summed E-state index contributed by atoms with van der Waals surface area (Å²) in [6.07, 6.45) is 3.63. The van der Waals surface area contributed by atoms with E-state index in [1.165, 1.54) is 6.21 Å². The van der Waals surface area contributed by atoms with Crippen LogP contribution in [0.3, 0.4) is 0 Å². The Labute approximate surface area is 163 Å². The number of aromatic hydroxyl groups is 1. The Balaban J connectivity index is 1.96. The van der Waals surface area contributed by atoms with Crippen molar-refractivity contribution in [3.63, 3.8) is 0 Å². The second kappa shape index (κ2) is 10.2. The molecule has 0 heterocycles. The van der Waals surface area contributed by atoms with E-state index in [1.807, 2.05) is 6.92 Å². The average Bonchev–Trinajstić information content (AvgIpc) is 2.65. The summed E-state index contributed by atoms with van der Waals surface area (Å²) in [4.78, 5) is 11.8. The Kier molecular flexibility index (Phi) is 7.70. The maximum atomic E-state index is 11.8. The van der Waals surface area contributed by atoms with Crippen LogP contribution in [0.1, 0.15) is 18.1 Å². The third kappa shape index (κ3) is 6.34. The van der Waals surface area contributed by atoms with Gasteiger partial charge in [0.25, 0.3) is 5.91 Å². The van der Waals surface area contributed by atoms with Crippen LogP contribution in [0.15, 0.2) is 54.2 Å². The lowest BCUT2D eigenvalue weighted by Crippen LogP contribution is -2.24. The van der Waals surface area contributed by atoms with Gasteiger partial charge in [-0.15, -0.1) is 6.58 Å². The normalized spacial score (nSPS) is 10.6. The summed E-state index contributed by atoms with van der Waals surface area (Å²) in [5.74, 6) is 0.564. The van der Waals surface area contributed by atoms with Crippen LogP contribution in [0, 0.1) is 0 Å². The molecule has 0 atom stereocenters. The van der Waals surface area contributed by atoms with E-state index >= 15 is 0 Å². The second-order valence-electron chi connectivity index (χ2n) is 5.49. The number of amides is 1. The summed E-state index contributed by atoms with van der Waals surface area (Å²) in [5.41, 5.74) is 3.72. The molecule has 0 spiro atoms. The van der Waals surface area contributed by atoms with Gasteiger partial charge in [0.1, 0.15) is 5.75 Å². The smallest absolute Gasteiger partial charge is 0.277 e. The van der Waals surface area contributed by atoms with Gasteiger partial charge in [-0.2, -0.15) is 5.10 Å². The maximum Gasteiger partial charge on any atom is 0.277 e. The Morgan fingerprint density at radius 2 is 2.04 bits per heavy atom. The minimum Gasteiger partial charge on any atom is -0.504 e. The molecule has 0 unspecified atom stereocenters. The van der Waals surface area contributed by atoms with Gasteiger partial charge in [-0.25, -0.2) is 5.43 Å². The van der Waals surface area contributed by atoms with Crippen LogP contribution >= 0.6 is 11.6 Å². The highest BCUT2D eigenvalue weighted by Crippen LogP contribution is 2.31. The third-order valence-corrected chi connectivity index (χ3v) is 3.68. The van der Waals surface area contributed by atoms with Gasteiger partial charge in [-0.3, -0.25) is 4.79 Å². The van der Waals surface area contributed by atoms with Gasteiger partial charge < -0.3 is 14.6 Å². The molecule has 2 aromatic rings. The van der Waals surface area contributed by atoms with Crippen molar-refractivity contribution in [3.05, 3.63) is 65.2 Å². The van der Waals surface area contributed by atoms with Crippen molar-refractivity contribution < 1.29 is 19.4 Å². The number of nitrogens with zero attached hydrogens (tertiary/aromatic N) is 1. The highest BCUT2D eigenvalue weighted by atomic mass is 35.5. The topological polar surface area (TPSA) is 80.2 Å². The van der Waals surface area contributed by atoms with Crippen molar-refractivity contribution in [2.75, 3.05) is 13.2 Å². The molecule has 2 N–H and O–H groups in total. The fraction of sp³-hybridized carbons (Fsp3) is 0.200. The van der Waals surface area contributed by atoms with Crippen LogP contribution in [0.4, 0.5) is 0 Å². The molecule has 0 saturated carbocycles. The van der Waals surface area contributed by atoms with Gasteiger partial charge in [-0.05, 0) is 55.3 Å². The van der Waals surface area contributed by atoms with Gasteiger partial charge in [-0.1, -0.05) is 17.7 Å². The summed E-state index contributed by atoms with van der Waals surface area (Å²) in [7, 11) is 0. The molecule has 2 aromatic carbocycles. The summed E-state index contributed by atoms with van der Waals surface area (Å²) in [6.45, 7) is 5.74. The number of halogens is 1. The predicted molar refractivity (Wildman–Crippen MR) is 106 cm³/mol. The van der Waals surface area contributed by atoms with E-state index in [1.54, 1.807) is 42.5 Å². The van der Waals surface area contributed by atoms with Crippen LogP contribution in [0.2, 0.25) is 5.02 Å². The standard InChI is InChI=1S/C20H21ClN2O4/c1-3-5-15-10-14(11-18(20(15)25)26-4-2)12-22-23-19(24)13-27-17-8-6-16(21)7-9-17/h3,6-12,25H,1,4-5,13H2,2H3,(H,23,24)/b22-12-. The molecule has 0 fully saturated rings. The summed E-state index contributed by atoms with van der Waals surface area (Å²) >= 11 is 5.79. The number of phenols is 1. The van der Waals surface area contributed by atoms with E-state index in [0.717, 1.165) is 0 Å². The Hall–Kier alpha value is -2.99. The molecule has 0 aliphatic carbocycles. The molecule has 7 heteroatoms. The van der Waals surface area contributed by atoms with Crippen molar-refractivity contribution in [3.8, 4) is 17.2 Å². The van der Waals surface area contributed by atoms with Crippen molar-refractivity contribution in [2.45, 2.75) is 13.3 Å². The lowest BCUT2D eigenvalue weighted by molar-refractivity contribution is -0.123. The molecule has 0 aliphatic heterocycles. The van der Waals surface area contributed by atoms with E-state index in [0.29, 0.717) is 40.7 Å². The van der Waals surface area contributed by atoms with E-state index in [9.17, 15) is 9.90 Å². The summed E-state index contributed by atoms with van der Waals surface area (Å²) in [5, 5.41) is 14.7. The molecule has 0 aliphatic rings. The Bertz CT molecular complexity index is 819. The molecule has 27 heavy (non-hydrogen) atoms.